The van der Waals surface area contributed by atoms with Crippen LogP contribution in [0.15, 0.2) is 23.1 Å². The van der Waals surface area contributed by atoms with E-state index >= 15 is 0 Å². The number of carbonyl (C=O) groups is 1. The summed E-state index contributed by atoms with van der Waals surface area (Å²) in [7, 11) is 1.63. The number of aryl methyl sites for hydroxylation is 1. The van der Waals surface area contributed by atoms with Gasteiger partial charge in [-0.05, 0) is 6.07 Å². The van der Waals surface area contributed by atoms with Crippen molar-refractivity contribution in [3.63, 3.8) is 0 Å². The Balaban J connectivity index is 2.73. The molecule has 0 saturated carbocycles. The quantitative estimate of drug-likeness (QED) is 0.693. The van der Waals surface area contributed by atoms with Gasteiger partial charge < -0.3 is 15.6 Å². The molecule has 76 valence electrons. The van der Waals surface area contributed by atoms with Crippen LogP contribution < -0.4 is 16.6 Å². The zero-order chi connectivity index (χ0) is 10.6. The largest absolute Gasteiger partial charge is 0.330 e. The molecule has 0 aliphatic rings. The average Bonchev–Trinajstić information content (AvgIpc) is 2.12. The minimum atomic E-state index is -0.147. The molecule has 1 rings (SSSR count). The van der Waals surface area contributed by atoms with Crippen LogP contribution in [0.4, 0.5) is 5.69 Å². The van der Waals surface area contributed by atoms with Crippen molar-refractivity contribution in [2.75, 3.05) is 11.9 Å². The molecule has 0 unspecified atom stereocenters. The Labute approximate surface area is 81.5 Å². The summed E-state index contributed by atoms with van der Waals surface area (Å²) in [5.41, 5.74) is 5.71. The summed E-state index contributed by atoms with van der Waals surface area (Å²) >= 11 is 0. The summed E-state index contributed by atoms with van der Waals surface area (Å²) in [6.45, 7) is 0.317. The first kappa shape index (κ1) is 10.5. The van der Waals surface area contributed by atoms with E-state index in [9.17, 15) is 9.59 Å². The van der Waals surface area contributed by atoms with E-state index in [0.717, 1.165) is 0 Å². The molecular weight excluding hydrogens is 182 g/mol. The number of nitrogens with one attached hydrogen (secondary N) is 1. The number of carbonyl (C=O) groups excluding carboxylic acids is 1. The Morgan fingerprint density at radius 3 is 2.86 bits per heavy atom. The zero-order valence-corrected chi connectivity index (χ0v) is 7.99. The molecule has 1 amide bonds. The fourth-order valence-corrected chi connectivity index (χ4v) is 1.02. The van der Waals surface area contributed by atoms with Crippen LogP contribution in [0.25, 0.3) is 0 Å². The lowest BCUT2D eigenvalue weighted by Gasteiger charge is -2.05. The van der Waals surface area contributed by atoms with Crippen LogP contribution in [0.3, 0.4) is 0 Å². The Hall–Kier alpha value is -1.62. The molecule has 0 bridgehead atoms. The maximum Gasteiger partial charge on any atom is 0.250 e. The Morgan fingerprint density at radius 2 is 2.29 bits per heavy atom. The lowest BCUT2D eigenvalue weighted by atomic mass is 10.3. The highest BCUT2D eigenvalue weighted by atomic mass is 16.1. The number of amides is 1. The standard InChI is InChI=1S/C9H13N3O2/c1-12-6-7(2-3-9(12)14)11-8(13)4-5-10/h2-3,6H,4-5,10H2,1H3,(H,11,13). The monoisotopic (exact) mass is 195 g/mol. The summed E-state index contributed by atoms with van der Waals surface area (Å²) in [6.07, 6.45) is 1.85. The van der Waals surface area contributed by atoms with Gasteiger partial charge in [0.05, 0.1) is 5.69 Å². The van der Waals surface area contributed by atoms with E-state index in [4.69, 9.17) is 5.73 Å². The van der Waals surface area contributed by atoms with Gasteiger partial charge in [0.2, 0.25) is 11.5 Å². The molecule has 0 aromatic carbocycles. The van der Waals surface area contributed by atoms with Crippen LogP contribution in [-0.4, -0.2) is 17.0 Å². The van der Waals surface area contributed by atoms with Crippen LogP contribution in [0.1, 0.15) is 6.42 Å². The second-order valence-corrected chi connectivity index (χ2v) is 2.95. The smallest absolute Gasteiger partial charge is 0.250 e. The second-order valence-electron chi connectivity index (χ2n) is 2.95. The van der Waals surface area contributed by atoms with Gasteiger partial charge in [0.15, 0.2) is 0 Å². The molecule has 0 aliphatic heterocycles. The van der Waals surface area contributed by atoms with Crippen molar-refractivity contribution in [1.29, 1.82) is 0 Å². The van der Waals surface area contributed by atoms with Crippen molar-refractivity contribution in [3.8, 4) is 0 Å². The van der Waals surface area contributed by atoms with Crippen molar-refractivity contribution in [3.05, 3.63) is 28.7 Å². The highest BCUT2D eigenvalue weighted by Crippen LogP contribution is 2.02. The van der Waals surface area contributed by atoms with Gasteiger partial charge >= 0.3 is 0 Å². The van der Waals surface area contributed by atoms with E-state index in [0.29, 0.717) is 12.2 Å². The van der Waals surface area contributed by atoms with Gasteiger partial charge in [-0.2, -0.15) is 0 Å². The molecule has 1 heterocycles. The summed E-state index contributed by atoms with van der Waals surface area (Å²) < 4.78 is 1.40. The lowest BCUT2D eigenvalue weighted by molar-refractivity contribution is -0.116. The van der Waals surface area contributed by atoms with Crippen LogP contribution in [0.2, 0.25) is 0 Å². The number of hydrogen-bond donors (Lipinski definition) is 2. The molecule has 0 fully saturated rings. The summed E-state index contributed by atoms with van der Waals surface area (Å²) in [5.74, 6) is -0.147. The first-order valence-electron chi connectivity index (χ1n) is 4.30. The molecule has 5 nitrogen and oxygen atoms in total. The van der Waals surface area contributed by atoms with E-state index in [1.165, 1.54) is 10.6 Å². The highest BCUT2D eigenvalue weighted by Gasteiger charge is 2.00. The third-order valence-corrected chi connectivity index (χ3v) is 1.74. The van der Waals surface area contributed by atoms with Crippen molar-refractivity contribution in [2.24, 2.45) is 12.8 Å². The van der Waals surface area contributed by atoms with Crippen LogP contribution in [-0.2, 0) is 11.8 Å². The molecule has 3 N–H and O–H groups in total. The van der Waals surface area contributed by atoms with Crippen LogP contribution in [0, 0.1) is 0 Å². The van der Waals surface area contributed by atoms with E-state index in [1.54, 1.807) is 19.3 Å². The fraction of sp³-hybridized carbons (Fsp3) is 0.333. The number of pyridine rings is 1. The van der Waals surface area contributed by atoms with Crippen molar-refractivity contribution < 1.29 is 4.79 Å². The van der Waals surface area contributed by atoms with Gasteiger partial charge in [-0.25, -0.2) is 0 Å². The predicted octanol–water partition coefficient (Wildman–Crippen LogP) is -0.327. The SMILES string of the molecule is Cn1cc(NC(=O)CCN)ccc1=O. The van der Waals surface area contributed by atoms with Gasteiger partial charge in [0.25, 0.3) is 0 Å². The summed E-state index contributed by atoms with van der Waals surface area (Å²) in [4.78, 5) is 22.1. The molecule has 0 atom stereocenters. The molecule has 0 radical (unpaired) electrons. The third kappa shape index (κ3) is 2.70. The van der Waals surface area contributed by atoms with Gasteiger partial charge in [-0.3, -0.25) is 9.59 Å². The Bertz CT molecular complexity index is 384. The van der Waals surface area contributed by atoms with E-state index in [-0.39, 0.29) is 17.9 Å². The summed E-state index contributed by atoms with van der Waals surface area (Å²) in [5, 5.41) is 2.63. The van der Waals surface area contributed by atoms with Crippen molar-refractivity contribution in [1.82, 2.24) is 4.57 Å². The Kier molecular flexibility index (Phi) is 3.41. The first-order valence-corrected chi connectivity index (χ1v) is 4.30. The van der Waals surface area contributed by atoms with Gasteiger partial charge in [-0.15, -0.1) is 0 Å². The number of aromatic nitrogens is 1. The maximum absolute atomic E-state index is 11.1. The zero-order valence-electron chi connectivity index (χ0n) is 7.99. The van der Waals surface area contributed by atoms with Crippen molar-refractivity contribution in [2.45, 2.75) is 6.42 Å². The number of rotatable bonds is 3. The topological polar surface area (TPSA) is 77.1 Å². The molecule has 14 heavy (non-hydrogen) atoms. The molecule has 5 heteroatoms. The number of nitrogens with zero attached hydrogens (tertiary/aromatic N) is 1. The van der Waals surface area contributed by atoms with Gasteiger partial charge in [0, 0.05) is 32.3 Å². The molecule has 0 saturated heterocycles. The number of anilines is 1. The molecule has 1 aromatic heterocycles. The molecule has 1 aromatic rings. The Morgan fingerprint density at radius 1 is 1.57 bits per heavy atom. The summed E-state index contributed by atoms with van der Waals surface area (Å²) in [6, 6.07) is 2.97. The predicted molar refractivity (Wildman–Crippen MR) is 54.0 cm³/mol. The van der Waals surface area contributed by atoms with Crippen LogP contribution in [0.5, 0.6) is 0 Å². The second kappa shape index (κ2) is 4.57. The number of nitrogens with two attached hydrogens (primary N) is 1. The average molecular weight is 195 g/mol. The van der Waals surface area contributed by atoms with E-state index in [2.05, 4.69) is 5.32 Å². The minimum Gasteiger partial charge on any atom is -0.330 e. The molecule has 0 spiro atoms. The normalized spacial score (nSPS) is 9.86. The molecule has 0 aliphatic carbocycles. The first-order chi connectivity index (χ1) is 6.63. The lowest BCUT2D eigenvalue weighted by Crippen LogP contribution is -2.19. The van der Waals surface area contributed by atoms with Crippen molar-refractivity contribution >= 4 is 11.6 Å². The van der Waals surface area contributed by atoms with E-state index in [1.807, 2.05) is 0 Å². The van der Waals surface area contributed by atoms with E-state index < -0.39 is 0 Å². The van der Waals surface area contributed by atoms with Crippen LogP contribution >= 0.6 is 0 Å². The third-order valence-electron chi connectivity index (χ3n) is 1.74. The number of hydrogen-bond acceptors (Lipinski definition) is 3. The molecular formula is C9H13N3O2. The minimum absolute atomic E-state index is 0.109. The highest BCUT2D eigenvalue weighted by molar-refractivity contribution is 5.90. The fourth-order valence-electron chi connectivity index (χ4n) is 1.02. The van der Waals surface area contributed by atoms with Gasteiger partial charge in [0.1, 0.15) is 0 Å². The van der Waals surface area contributed by atoms with Gasteiger partial charge in [-0.1, -0.05) is 0 Å². The maximum atomic E-state index is 11.1.